The van der Waals surface area contributed by atoms with E-state index in [1.807, 2.05) is 38.1 Å². The predicted molar refractivity (Wildman–Crippen MR) is 100 cm³/mol. The van der Waals surface area contributed by atoms with E-state index in [0.717, 1.165) is 17.7 Å². The van der Waals surface area contributed by atoms with Gasteiger partial charge in [0.1, 0.15) is 11.5 Å². The van der Waals surface area contributed by atoms with Gasteiger partial charge in [-0.1, -0.05) is 43.6 Å². The minimum Gasteiger partial charge on any atom is -0.497 e. The maximum absolute atomic E-state index is 12.6. The molecular weight excluding hydrogens is 338 g/mol. The van der Waals surface area contributed by atoms with E-state index >= 15 is 0 Å². The van der Waals surface area contributed by atoms with Crippen LogP contribution in [0.2, 0.25) is 5.02 Å². The fourth-order valence-corrected chi connectivity index (χ4v) is 2.73. The van der Waals surface area contributed by atoms with Gasteiger partial charge in [0, 0.05) is 5.02 Å². The Labute approximate surface area is 154 Å². The monoisotopic (exact) mass is 361 g/mol. The lowest BCUT2D eigenvalue weighted by Gasteiger charge is -2.22. The SMILES string of the molecule is CC[C@H](Oc1cccc(Cl)c1)C(=O)N[C@H](CC)c1ccc(OC)cc1. The van der Waals surface area contributed by atoms with Crippen molar-refractivity contribution in [3.8, 4) is 11.5 Å². The molecule has 0 bridgehead atoms. The summed E-state index contributed by atoms with van der Waals surface area (Å²) in [7, 11) is 1.63. The number of halogens is 1. The summed E-state index contributed by atoms with van der Waals surface area (Å²) in [6, 6.07) is 14.7. The van der Waals surface area contributed by atoms with Crippen LogP contribution in [0.15, 0.2) is 48.5 Å². The molecule has 0 aliphatic heterocycles. The van der Waals surface area contributed by atoms with Crippen LogP contribution in [0.5, 0.6) is 11.5 Å². The minimum absolute atomic E-state index is 0.0737. The molecule has 2 rings (SSSR count). The third-order valence-electron chi connectivity index (χ3n) is 3.98. The molecule has 0 unspecified atom stereocenters. The molecule has 1 amide bonds. The van der Waals surface area contributed by atoms with Crippen molar-refractivity contribution in [2.75, 3.05) is 7.11 Å². The van der Waals surface area contributed by atoms with Crippen LogP contribution in [0.3, 0.4) is 0 Å². The van der Waals surface area contributed by atoms with E-state index in [4.69, 9.17) is 21.1 Å². The van der Waals surface area contributed by atoms with Crippen LogP contribution in [-0.4, -0.2) is 19.1 Å². The van der Waals surface area contributed by atoms with E-state index in [2.05, 4.69) is 5.32 Å². The zero-order valence-electron chi connectivity index (χ0n) is 14.8. The minimum atomic E-state index is -0.564. The predicted octanol–water partition coefficient (Wildman–Crippen LogP) is 4.77. The fraction of sp³-hybridized carbons (Fsp3) is 0.350. The first-order chi connectivity index (χ1) is 12.1. The Balaban J connectivity index is 2.05. The highest BCUT2D eigenvalue weighted by Crippen LogP contribution is 2.22. The highest BCUT2D eigenvalue weighted by atomic mass is 35.5. The smallest absolute Gasteiger partial charge is 0.261 e. The Morgan fingerprint density at radius 1 is 1.08 bits per heavy atom. The lowest BCUT2D eigenvalue weighted by Crippen LogP contribution is -2.39. The van der Waals surface area contributed by atoms with E-state index in [-0.39, 0.29) is 11.9 Å². The van der Waals surface area contributed by atoms with Gasteiger partial charge in [0.25, 0.3) is 5.91 Å². The van der Waals surface area contributed by atoms with Gasteiger partial charge < -0.3 is 14.8 Å². The summed E-state index contributed by atoms with van der Waals surface area (Å²) in [6.07, 6.45) is 0.786. The lowest BCUT2D eigenvalue weighted by atomic mass is 10.0. The highest BCUT2D eigenvalue weighted by molar-refractivity contribution is 6.30. The van der Waals surface area contributed by atoms with Gasteiger partial charge in [0.15, 0.2) is 6.10 Å². The van der Waals surface area contributed by atoms with Gasteiger partial charge in [0.2, 0.25) is 0 Å². The average molecular weight is 362 g/mol. The molecule has 4 nitrogen and oxygen atoms in total. The zero-order valence-corrected chi connectivity index (χ0v) is 15.5. The second-order valence-corrected chi connectivity index (χ2v) is 6.15. The number of ether oxygens (including phenoxy) is 2. The number of hydrogen-bond donors (Lipinski definition) is 1. The molecule has 2 aromatic carbocycles. The quantitative estimate of drug-likeness (QED) is 0.736. The number of nitrogens with one attached hydrogen (secondary N) is 1. The fourth-order valence-electron chi connectivity index (χ4n) is 2.55. The molecule has 134 valence electrons. The number of carbonyl (C=O) groups excluding carboxylic acids is 1. The van der Waals surface area contributed by atoms with Gasteiger partial charge in [-0.2, -0.15) is 0 Å². The normalized spacial score (nSPS) is 13.0. The molecular formula is C20H24ClNO3. The van der Waals surface area contributed by atoms with Gasteiger partial charge in [-0.3, -0.25) is 4.79 Å². The molecule has 2 atom stereocenters. The summed E-state index contributed by atoms with van der Waals surface area (Å²) < 4.78 is 11.0. The van der Waals surface area contributed by atoms with Crippen molar-refractivity contribution in [3.05, 3.63) is 59.1 Å². The van der Waals surface area contributed by atoms with E-state index in [9.17, 15) is 4.79 Å². The Kier molecular flexibility index (Phi) is 7.14. The van der Waals surface area contributed by atoms with E-state index < -0.39 is 6.10 Å². The molecule has 0 aliphatic carbocycles. The van der Waals surface area contributed by atoms with Crippen LogP contribution < -0.4 is 14.8 Å². The van der Waals surface area contributed by atoms with Crippen molar-refractivity contribution in [3.63, 3.8) is 0 Å². The first-order valence-corrected chi connectivity index (χ1v) is 8.81. The molecule has 0 radical (unpaired) electrons. The van der Waals surface area contributed by atoms with Crippen LogP contribution >= 0.6 is 11.6 Å². The molecule has 0 fully saturated rings. The van der Waals surface area contributed by atoms with Gasteiger partial charge in [0.05, 0.1) is 13.2 Å². The van der Waals surface area contributed by atoms with Gasteiger partial charge in [-0.15, -0.1) is 0 Å². The second kappa shape index (κ2) is 9.33. The number of methoxy groups -OCH3 is 1. The number of benzene rings is 2. The summed E-state index contributed by atoms with van der Waals surface area (Å²) in [5.41, 5.74) is 1.04. The van der Waals surface area contributed by atoms with E-state index in [0.29, 0.717) is 17.2 Å². The summed E-state index contributed by atoms with van der Waals surface area (Å²) in [6.45, 7) is 3.96. The van der Waals surface area contributed by atoms with Crippen LogP contribution in [0.1, 0.15) is 38.3 Å². The largest absolute Gasteiger partial charge is 0.497 e. The lowest BCUT2D eigenvalue weighted by molar-refractivity contribution is -0.128. The van der Waals surface area contributed by atoms with Crippen LogP contribution in [0.25, 0.3) is 0 Å². The number of carbonyl (C=O) groups is 1. The van der Waals surface area contributed by atoms with Crippen molar-refractivity contribution in [2.45, 2.75) is 38.8 Å². The molecule has 2 aromatic rings. The summed E-state index contributed by atoms with van der Waals surface area (Å²) in [5, 5.41) is 3.65. The topological polar surface area (TPSA) is 47.6 Å². The van der Waals surface area contributed by atoms with Crippen LogP contribution in [0.4, 0.5) is 0 Å². The Morgan fingerprint density at radius 2 is 1.80 bits per heavy atom. The molecule has 0 aliphatic rings. The second-order valence-electron chi connectivity index (χ2n) is 5.71. The third-order valence-corrected chi connectivity index (χ3v) is 4.22. The Morgan fingerprint density at radius 3 is 2.36 bits per heavy atom. The molecule has 0 heterocycles. The van der Waals surface area contributed by atoms with Crippen molar-refractivity contribution >= 4 is 17.5 Å². The van der Waals surface area contributed by atoms with Crippen molar-refractivity contribution in [1.82, 2.24) is 5.32 Å². The molecule has 0 spiro atoms. The maximum atomic E-state index is 12.6. The zero-order chi connectivity index (χ0) is 18.2. The van der Waals surface area contributed by atoms with Crippen LogP contribution in [0, 0.1) is 0 Å². The standard InChI is InChI=1S/C20H24ClNO3/c1-4-18(14-9-11-16(24-3)12-10-14)22-20(23)19(5-2)25-17-8-6-7-15(21)13-17/h6-13,18-19H,4-5H2,1-3H3,(H,22,23)/t18-,19+/m1/s1. The summed E-state index contributed by atoms with van der Waals surface area (Å²) in [4.78, 5) is 12.6. The Hall–Kier alpha value is -2.20. The van der Waals surface area contributed by atoms with Crippen LogP contribution in [-0.2, 0) is 4.79 Å². The van der Waals surface area contributed by atoms with E-state index in [1.165, 1.54) is 0 Å². The van der Waals surface area contributed by atoms with Crippen molar-refractivity contribution in [2.24, 2.45) is 0 Å². The number of hydrogen-bond acceptors (Lipinski definition) is 3. The average Bonchev–Trinajstić information content (AvgIpc) is 2.64. The number of rotatable bonds is 8. The molecule has 1 N–H and O–H groups in total. The Bertz CT molecular complexity index is 688. The maximum Gasteiger partial charge on any atom is 0.261 e. The van der Waals surface area contributed by atoms with Crippen molar-refractivity contribution in [1.29, 1.82) is 0 Å². The first-order valence-electron chi connectivity index (χ1n) is 8.43. The summed E-state index contributed by atoms with van der Waals surface area (Å²) in [5.74, 6) is 1.25. The van der Waals surface area contributed by atoms with Crippen molar-refractivity contribution < 1.29 is 14.3 Å². The highest BCUT2D eigenvalue weighted by Gasteiger charge is 2.22. The van der Waals surface area contributed by atoms with E-state index in [1.54, 1.807) is 31.4 Å². The molecule has 5 heteroatoms. The summed E-state index contributed by atoms with van der Waals surface area (Å²) >= 11 is 5.97. The van der Waals surface area contributed by atoms with Gasteiger partial charge in [-0.25, -0.2) is 0 Å². The van der Waals surface area contributed by atoms with Gasteiger partial charge >= 0.3 is 0 Å². The third kappa shape index (κ3) is 5.40. The molecule has 25 heavy (non-hydrogen) atoms. The molecule has 0 aromatic heterocycles. The first kappa shape index (κ1) is 19.1. The molecule has 0 saturated carbocycles. The molecule has 0 saturated heterocycles. The number of amides is 1. The van der Waals surface area contributed by atoms with Gasteiger partial charge in [-0.05, 0) is 48.7 Å².